The highest BCUT2D eigenvalue weighted by Gasteiger charge is 2.23. The molecule has 0 saturated carbocycles. The fourth-order valence-corrected chi connectivity index (χ4v) is 5.36. The van der Waals surface area contributed by atoms with E-state index in [4.69, 9.17) is 23.2 Å². The topological polar surface area (TPSA) is 69.6 Å². The van der Waals surface area contributed by atoms with Gasteiger partial charge in [-0.15, -0.1) is 11.3 Å². The standard InChI is InChI=1S/C12H18Cl2N2O3S2/c13-10-7-11(20-12(10)14)21(18,19)15-4-6-16-5-2-1-3-9(16)8-17/h7,9,15,17H,1-6,8H2. The summed E-state index contributed by atoms with van der Waals surface area (Å²) in [5, 5.41) is 9.57. The highest BCUT2D eigenvalue weighted by Crippen LogP contribution is 2.34. The molecule has 1 aromatic rings. The number of nitrogens with one attached hydrogen (secondary N) is 1. The summed E-state index contributed by atoms with van der Waals surface area (Å²) < 4.78 is 27.2. The van der Waals surface area contributed by atoms with Gasteiger partial charge in [0.15, 0.2) is 0 Å². The second-order valence-electron chi connectivity index (χ2n) is 4.95. The molecule has 1 atom stereocenters. The average Bonchev–Trinajstić information content (AvgIpc) is 2.80. The number of thiophene rings is 1. The second-order valence-corrected chi connectivity index (χ2v) is 9.01. The summed E-state index contributed by atoms with van der Waals surface area (Å²) >= 11 is 12.5. The van der Waals surface area contributed by atoms with Gasteiger partial charge in [-0.1, -0.05) is 29.6 Å². The molecule has 2 rings (SSSR count). The van der Waals surface area contributed by atoms with Crippen molar-refractivity contribution in [3.63, 3.8) is 0 Å². The molecule has 0 aromatic carbocycles. The van der Waals surface area contributed by atoms with Crippen LogP contribution < -0.4 is 4.72 Å². The van der Waals surface area contributed by atoms with Gasteiger partial charge in [-0.3, -0.25) is 4.90 Å². The Morgan fingerprint density at radius 2 is 2.19 bits per heavy atom. The minimum Gasteiger partial charge on any atom is -0.395 e. The van der Waals surface area contributed by atoms with Crippen molar-refractivity contribution in [1.82, 2.24) is 9.62 Å². The minimum atomic E-state index is -3.58. The van der Waals surface area contributed by atoms with E-state index in [1.54, 1.807) is 0 Å². The van der Waals surface area contributed by atoms with Crippen LogP contribution in [0.3, 0.4) is 0 Å². The first-order valence-electron chi connectivity index (χ1n) is 6.73. The Hall–Kier alpha value is 0.110. The second kappa shape index (κ2) is 7.59. The van der Waals surface area contributed by atoms with Crippen LogP contribution in [0.25, 0.3) is 0 Å². The minimum absolute atomic E-state index is 0.114. The van der Waals surface area contributed by atoms with Crippen LogP contribution in [0.5, 0.6) is 0 Å². The number of hydrogen-bond donors (Lipinski definition) is 2. The molecule has 1 fully saturated rings. The molecule has 1 aliphatic rings. The van der Waals surface area contributed by atoms with Crippen LogP contribution >= 0.6 is 34.5 Å². The van der Waals surface area contributed by atoms with Crippen molar-refractivity contribution in [3.05, 3.63) is 15.4 Å². The molecule has 0 spiro atoms. The number of nitrogens with zero attached hydrogens (tertiary/aromatic N) is 1. The van der Waals surface area contributed by atoms with E-state index in [2.05, 4.69) is 9.62 Å². The van der Waals surface area contributed by atoms with Crippen LogP contribution in [0.2, 0.25) is 9.36 Å². The van der Waals surface area contributed by atoms with Crippen molar-refractivity contribution in [1.29, 1.82) is 0 Å². The van der Waals surface area contributed by atoms with Crippen molar-refractivity contribution < 1.29 is 13.5 Å². The Balaban J connectivity index is 1.90. The first kappa shape index (κ1) is 17.5. The van der Waals surface area contributed by atoms with Crippen LogP contribution in [-0.2, 0) is 10.0 Å². The Kier molecular flexibility index (Phi) is 6.31. The maximum atomic E-state index is 12.1. The third-order valence-corrected chi connectivity index (χ3v) is 7.34. The van der Waals surface area contributed by atoms with Crippen LogP contribution in [0.4, 0.5) is 0 Å². The molecule has 2 heterocycles. The number of likely N-dealkylation sites (tertiary alicyclic amines) is 1. The van der Waals surface area contributed by atoms with Gasteiger partial charge in [0.05, 0.1) is 11.6 Å². The van der Waals surface area contributed by atoms with Gasteiger partial charge in [0.25, 0.3) is 0 Å². The largest absolute Gasteiger partial charge is 0.395 e. The van der Waals surface area contributed by atoms with Crippen molar-refractivity contribution >= 4 is 44.6 Å². The molecule has 1 aromatic heterocycles. The van der Waals surface area contributed by atoms with E-state index < -0.39 is 10.0 Å². The third kappa shape index (κ3) is 4.54. The monoisotopic (exact) mass is 372 g/mol. The molecule has 1 unspecified atom stereocenters. The predicted octanol–water partition coefficient (Wildman–Crippen LogP) is 2.18. The molecular weight excluding hydrogens is 355 g/mol. The van der Waals surface area contributed by atoms with Crippen LogP contribution in [0.15, 0.2) is 10.3 Å². The van der Waals surface area contributed by atoms with E-state index in [-0.39, 0.29) is 26.2 Å². The molecule has 2 N–H and O–H groups in total. The van der Waals surface area contributed by atoms with Crippen molar-refractivity contribution in [3.8, 4) is 0 Å². The smallest absolute Gasteiger partial charge is 0.250 e. The molecule has 5 nitrogen and oxygen atoms in total. The number of hydrogen-bond acceptors (Lipinski definition) is 5. The molecule has 0 aliphatic carbocycles. The maximum Gasteiger partial charge on any atom is 0.250 e. The Labute approximate surface area is 138 Å². The Bertz CT molecular complexity index is 558. The molecule has 0 amide bonds. The number of rotatable bonds is 6. The summed E-state index contributed by atoms with van der Waals surface area (Å²) in [6.07, 6.45) is 3.15. The number of aliphatic hydroxyl groups is 1. The van der Waals surface area contributed by atoms with E-state index in [0.29, 0.717) is 13.1 Å². The molecule has 1 saturated heterocycles. The molecule has 9 heteroatoms. The maximum absolute atomic E-state index is 12.1. The first-order chi connectivity index (χ1) is 9.94. The lowest BCUT2D eigenvalue weighted by Gasteiger charge is -2.34. The van der Waals surface area contributed by atoms with Crippen molar-refractivity contribution in [2.24, 2.45) is 0 Å². The first-order valence-corrected chi connectivity index (χ1v) is 9.79. The van der Waals surface area contributed by atoms with Gasteiger partial charge in [0.2, 0.25) is 10.0 Å². The number of piperidine rings is 1. The quantitative estimate of drug-likeness (QED) is 0.802. The average molecular weight is 373 g/mol. The zero-order chi connectivity index (χ0) is 15.5. The van der Waals surface area contributed by atoms with Gasteiger partial charge in [-0.25, -0.2) is 13.1 Å². The summed E-state index contributed by atoms with van der Waals surface area (Å²) in [6, 6.07) is 1.49. The van der Waals surface area contributed by atoms with Gasteiger partial charge in [0, 0.05) is 19.1 Å². The fourth-order valence-electron chi connectivity index (χ4n) is 2.42. The number of aliphatic hydroxyl groups excluding tert-OH is 1. The highest BCUT2D eigenvalue weighted by molar-refractivity contribution is 7.91. The predicted molar refractivity (Wildman–Crippen MR) is 85.8 cm³/mol. The molecule has 1 aliphatic heterocycles. The van der Waals surface area contributed by atoms with Crippen molar-refractivity contribution in [2.75, 3.05) is 26.2 Å². The lowest BCUT2D eigenvalue weighted by molar-refractivity contribution is 0.0923. The summed E-state index contributed by atoms with van der Waals surface area (Å²) in [5.41, 5.74) is 0. The van der Waals surface area contributed by atoms with E-state index in [9.17, 15) is 13.5 Å². The third-order valence-electron chi connectivity index (χ3n) is 3.54. The van der Waals surface area contributed by atoms with Gasteiger partial charge < -0.3 is 5.11 Å². The highest BCUT2D eigenvalue weighted by atomic mass is 35.5. The van der Waals surface area contributed by atoms with Crippen LogP contribution in [-0.4, -0.2) is 50.7 Å². The lowest BCUT2D eigenvalue weighted by atomic mass is 10.0. The summed E-state index contributed by atoms with van der Waals surface area (Å²) in [7, 11) is -3.58. The fraction of sp³-hybridized carbons (Fsp3) is 0.667. The zero-order valence-electron chi connectivity index (χ0n) is 11.4. The van der Waals surface area contributed by atoms with Gasteiger partial charge in [0.1, 0.15) is 8.55 Å². The van der Waals surface area contributed by atoms with E-state index >= 15 is 0 Å². The van der Waals surface area contributed by atoms with Crippen molar-refractivity contribution in [2.45, 2.75) is 29.5 Å². The van der Waals surface area contributed by atoms with Crippen LogP contribution in [0.1, 0.15) is 19.3 Å². The molecule has 0 radical (unpaired) electrons. The molecular formula is C12H18Cl2N2O3S2. The Morgan fingerprint density at radius 1 is 1.43 bits per heavy atom. The molecule has 120 valence electrons. The van der Waals surface area contributed by atoms with Gasteiger partial charge in [-0.05, 0) is 25.5 Å². The van der Waals surface area contributed by atoms with E-state index in [1.807, 2.05) is 0 Å². The summed E-state index contributed by atoms with van der Waals surface area (Å²) in [5.74, 6) is 0. The van der Waals surface area contributed by atoms with E-state index in [1.165, 1.54) is 6.07 Å². The van der Waals surface area contributed by atoms with Crippen LogP contribution in [0, 0.1) is 0 Å². The normalized spacial score (nSPS) is 20.8. The number of sulfonamides is 1. The number of halogens is 2. The van der Waals surface area contributed by atoms with Gasteiger partial charge >= 0.3 is 0 Å². The lowest BCUT2D eigenvalue weighted by Crippen LogP contribution is -2.45. The van der Waals surface area contributed by atoms with Gasteiger partial charge in [-0.2, -0.15) is 0 Å². The molecule has 21 heavy (non-hydrogen) atoms. The zero-order valence-corrected chi connectivity index (χ0v) is 14.5. The molecule has 0 bridgehead atoms. The summed E-state index contributed by atoms with van der Waals surface area (Å²) in [6.45, 7) is 1.88. The summed E-state index contributed by atoms with van der Waals surface area (Å²) in [4.78, 5) is 2.13. The van der Waals surface area contributed by atoms with E-state index in [0.717, 1.165) is 37.1 Å². The Morgan fingerprint density at radius 3 is 2.81 bits per heavy atom. The SMILES string of the molecule is O=S(=O)(NCCN1CCCCC1CO)c1cc(Cl)c(Cl)s1.